The molecule has 1 aliphatic rings. The van der Waals surface area contributed by atoms with Gasteiger partial charge in [0.25, 0.3) is 0 Å². The van der Waals surface area contributed by atoms with Crippen LogP contribution in [0.3, 0.4) is 0 Å². The summed E-state index contributed by atoms with van der Waals surface area (Å²) in [6.07, 6.45) is -2.26. The van der Waals surface area contributed by atoms with Crippen LogP contribution >= 0.6 is 8.25 Å². The summed E-state index contributed by atoms with van der Waals surface area (Å²) in [6, 6.07) is 0. The molecule has 0 bridgehead atoms. The van der Waals surface area contributed by atoms with E-state index in [1.165, 1.54) is 0 Å². The molecule has 0 aromatic heterocycles. The van der Waals surface area contributed by atoms with Crippen molar-refractivity contribution in [3.8, 4) is 0 Å². The third-order valence-electron chi connectivity index (χ3n) is 4.17. The Morgan fingerprint density at radius 2 is 1.90 bits per heavy atom. The van der Waals surface area contributed by atoms with Crippen LogP contribution in [0.2, 0.25) is 18.1 Å². The van der Waals surface area contributed by atoms with Crippen LogP contribution in [0.4, 0.5) is 0 Å². The van der Waals surface area contributed by atoms with Crippen molar-refractivity contribution in [1.82, 2.24) is 0 Å². The number of rotatable bonds is 5. The molecule has 0 aliphatic carbocycles. The molecule has 6 nitrogen and oxygen atoms in total. The van der Waals surface area contributed by atoms with Crippen LogP contribution in [0.25, 0.3) is 0 Å². The van der Waals surface area contributed by atoms with E-state index in [9.17, 15) is 14.6 Å². The molecule has 0 saturated carbocycles. The van der Waals surface area contributed by atoms with E-state index in [-0.39, 0.29) is 17.7 Å². The van der Waals surface area contributed by atoms with Gasteiger partial charge in [0.1, 0.15) is 12.2 Å². The SMILES string of the molecule is C[C@@H]1O[C@H](CO)C(O[P+](=O)[O-])[C@@H]1O[Si](C)(C)C(C)(C)C. The van der Waals surface area contributed by atoms with Crippen LogP contribution < -0.4 is 4.89 Å². The molecule has 0 amide bonds. The molecule has 2 unspecified atom stereocenters. The number of aliphatic hydroxyl groups excluding tert-OH is 1. The van der Waals surface area contributed by atoms with Gasteiger partial charge >= 0.3 is 8.25 Å². The number of ether oxygens (including phenoxy) is 1. The summed E-state index contributed by atoms with van der Waals surface area (Å²) in [7, 11) is -5.10. The molecule has 1 aliphatic heterocycles. The van der Waals surface area contributed by atoms with Gasteiger partial charge in [-0.05, 0) is 29.6 Å². The van der Waals surface area contributed by atoms with Crippen molar-refractivity contribution in [2.24, 2.45) is 0 Å². The Kier molecular flexibility index (Phi) is 5.89. The van der Waals surface area contributed by atoms with Gasteiger partial charge in [-0.25, -0.2) is 0 Å². The van der Waals surface area contributed by atoms with Crippen LogP contribution in [0.1, 0.15) is 27.7 Å². The summed E-state index contributed by atoms with van der Waals surface area (Å²) in [5.41, 5.74) is 0. The minimum Gasteiger partial charge on any atom is -0.566 e. The van der Waals surface area contributed by atoms with Crippen LogP contribution in [0.15, 0.2) is 0 Å². The molecule has 1 fully saturated rings. The standard InChI is InChI=1S/C12H25O6PSi/c1-8-10(18-20(5,6)12(2,3)4)11(17-19(14)15)9(7-13)16-8/h8-11,13H,7H2,1-6H3/t8-,9+,10+,11?/m0/s1. The van der Waals surface area contributed by atoms with E-state index in [0.717, 1.165) is 0 Å². The van der Waals surface area contributed by atoms with Gasteiger partial charge in [0, 0.05) is 0 Å². The third-order valence-corrected chi connectivity index (χ3v) is 9.06. The lowest BCUT2D eigenvalue weighted by Gasteiger charge is -2.39. The largest absolute Gasteiger partial charge is 0.566 e. The Morgan fingerprint density at radius 3 is 2.30 bits per heavy atom. The molecule has 1 rings (SSSR count). The van der Waals surface area contributed by atoms with Gasteiger partial charge in [0.2, 0.25) is 0 Å². The molecule has 0 aromatic carbocycles. The van der Waals surface area contributed by atoms with Gasteiger partial charge in [-0.15, -0.1) is 4.52 Å². The molecule has 1 N–H and O–H groups in total. The lowest BCUT2D eigenvalue weighted by atomic mass is 10.1. The van der Waals surface area contributed by atoms with Crippen molar-refractivity contribution in [2.75, 3.05) is 6.61 Å². The van der Waals surface area contributed by atoms with Crippen molar-refractivity contribution in [1.29, 1.82) is 0 Å². The van der Waals surface area contributed by atoms with Gasteiger partial charge < -0.3 is 19.2 Å². The highest BCUT2D eigenvalue weighted by atomic mass is 31.1. The quantitative estimate of drug-likeness (QED) is 0.610. The molecular formula is C12H25O6PSi. The second kappa shape index (κ2) is 6.48. The Balaban J connectivity index is 2.92. The van der Waals surface area contributed by atoms with Gasteiger partial charge in [-0.2, -0.15) is 0 Å². The zero-order valence-corrected chi connectivity index (χ0v) is 14.8. The fourth-order valence-corrected chi connectivity index (χ4v) is 3.78. The molecule has 0 aromatic rings. The van der Waals surface area contributed by atoms with Crippen LogP contribution in [0, 0.1) is 0 Å². The normalized spacial score (nSPS) is 32.5. The first-order chi connectivity index (χ1) is 8.99. The maximum absolute atomic E-state index is 10.9. The Hall–Kier alpha value is 0.117. The van der Waals surface area contributed by atoms with Crippen LogP contribution in [0.5, 0.6) is 0 Å². The third kappa shape index (κ3) is 4.07. The Labute approximate surface area is 122 Å². The molecule has 20 heavy (non-hydrogen) atoms. The molecule has 1 heterocycles. The van der Waals surface area contributed by atoms with Gasteiger partial charge in [-0.1, -0.05) is 20.8 Å². The molecule has 118 valence electrons. The van der Waals surface area contributed by atoms with E-state index in [4.69, 9.17) is 13.7 Å². The lowest BCUT2D eigenvalue weighted by molar-refractivity contribution is -0.193. The van der Waals surface area contributed by atoms with Crippen molar-refractivity contribution in [3.05, 3.63) is 0 Å². The van der Waals surface area contributed by atoms with E-state index in [1.807, 2.05) is 6.92 Å². The first kappa shape index (κ1) is 18.2. The highest BCUT2D eigenvalue weighted by molar-refractivity contribution is 7.30. The predicted octanol–water partition coefficient (Wildman–Crippen LogP) is 1.56. The lowest BCUT2D eigenvalue weighted by Crippen LogP contribution is -2.49. The zero-order valence-electron chi connectivity index (χ0n) is 13.0. The van der Waals surface area contributed by atoms with E-state index in [1.54, 1.807) is 0 Å². The van der Waals surface area contributed by atoms with Crippen molar-refractivity contribution < 1.29 is 28.3 Å². The zero-order chi connectivity index (χ0) is 15.7. The van der Waals surface area contributed by atoms with E-state index in [0.29, 0.717) is 0 Å². The van der Waals surface area contributed by atoms with Gasteiger partial charge in [0.05, 0.1) is 12.7 Å². The maximum atomic E-state index is 10.9. The second-order valence-electron chi connectivity index (χ2n) is 6.70. The first-order valence-electron chi connectivity index (χ1n) is 6.75. The molecule has 0 radical (unpaired) electrons. The highest BCUT2D eigenvalue weighted by Gasteiger charge is 2.51. The van der Waals surface area contributed by atoms with Crippen LogP contribution in [-0.2, 0) is 18.3 Å². The van der Waals surface area contributed by atoms with Crippen LogP contribution in [-0.4, -0.2) is 44.4 Å². The van der Waals surface area contributed by atoms with E-state index < -0.39 is 34.9 Å². The fourth-order valence-electron chi connectivity index (χ4n) is 1.96. The summed E-state index contributed by atoms with van der Waals surface area (Å²) in [5, 5.41) is 9.29. The molecule has 8 heteroatoms. The van der Waals surface area contributed by atoms with E-state index in [2.05, 4.69) is 33.9 Å². The number of hydrogen-bond acceptors (Lipinski definition) is 6. The summed E-state index contributed by atoms with van der Waals surface area (Å²) >= 11 is 0. The summed E-state index contributed by atoms with van der Waals surface area (Å²) in [4.78, 5) is 10.9. The fraction of sp³-hybridized carbons (Fsp3) is 1.00. The minimum absolute atomic E-state index is 0.00572. The number of aliphatic hydroxyl groups is 1. The topological polar surface area (TPSA) is 88.0 Å². The molecule has 1 saturated heterocycles. The average Bonchev–Trinajstić information content (AvgIpc) is 2.54. The second-order valence-corrected chi connectivity index (χ2v) is 12.1. The molecular weight excluding hydrogens is 299 g/mol. The average molecular weight is 324 g/mol. The number of hydrogen-bond donors (Lipinski definition) is 1. The predicted molar refractivity (Wildman–Crippen MR) is 76.0 cm³/mol. The van der Waals surface area contributed by atoms with Gasteiger partial charge in [-0.3, -0.25) is 0 Å². The smallest absolute Gasteiger partial charge is 0.488 e. The van der Waals surface area contributed by atoms with Crippen molar-refractivity contribution in [3.63, 3.8) is 0 Å². The molecule has 5 atom stereocenters. The van der Waals surface area contributed by atoms with Crippen molar-refractivity contribution >= 4 is 16.6 Å². The highest BCUT2D eigenvalue weighted by Crippen LogP contribution is 2.41. The summed E-state index contributed by atoms with van der Waals surface area (Å²) in [6.45, 7) is 12.0. The first-order valence-corrected chi connectivity index (χ1v) is 10.8. The molecule has 0 spiro atoms. The Bertz CT molecular complexity index is 356. The summed E-state index contributed by atoms with van der Waals surface area (Å²) in [5.74, 6) is 0. The summed E-state index contributed by atoms with van der Waals surface area (Å²) < 4.78 is 27.6. The Morgan fingerprint density at radius 1 is 1.35 bits per heavy atom. The van der Waals surface area contributed by atoms with E-state index >= 15 is 0 Å². The van der Waals surface area contributed by atoms with Gasteiger partial charge in [0.15, 0.2) is 14.4 Å². The minimum atomic E-state index is -3.01. The maximum Gasteiger partial charge on any atom is 0.488 e. The van der Waals surface area contributed by atoms with Crippen molar-refractivity contribution in [2.45, 2.75) is 70.2 Å². The monoisotopic (exact) mass is 324 g/mol.